The fraction of sp³-hybridized carbons (Fsp3) is 0.0541. The lowest BCUT2D eigenvalue weighted by molar-refractivity contribution is 0.668. The van der Waals surface area contributed by atoms with E-state index < -0.39 is 0 Å². The first-order valence-electron chi connectivity index (χ1n) is 14.2. The van der Waals surface area contributed by atoms with Gasteiger partial charge in [0.1, 0.15) is 28.2 Å². The van der Waals surface area contributed by atoms with Crippen molar-refractivity contribution in [3.8, 4) is 22.8 Å². The summed E-state index contributed by atoms with van der Waals surface area (Å²) < 4.78 is 12.2. The number of hydrogen-bond acceptors (Lipinski definition) is 5. The number of aromatic nitrogens is 3. The molecule has 5 aromatic carbocycles. The van der Waals surface area contributed by atoms with Gasteiger partial charge in [-0.3, -0.25) is 0 Å². The van der Waals surface area contributed by atoms with Gasteiger partial charge in [-0.15, -0.1) is 0 Å². The van der Waals surface area contributed by atoms with Crippen molar-refractivity contribution in [1.82, 2.24) is 15.0 Å². The maximum absolute atomic E-state index is 6.23. The van der Waals surface area contributed by atoms with Gasteiger partial charge < -0.3 is 8.83 Å². The zero-order valence-corrected chi connectivity index (χ0v) is 23.5. The van der Waals surface area contributed by atoms with Crippen molar-refractivity contribution in [3.63, 3.8) is 0 Å². The normalized spacial score (nSPS) is 14.7. The summed E-state index contributed by atoms with van der Waals surface area (Å²) in [4.78, 5) is 15.2. The van der Waals surface area contributed by atoms with E-state index in [1.54, 1.807) is 0 Å². The number of halogens is 1. The summed E-state index contributed by atoms with van der Waals surface area (Å²) in [5.41, 5.74) is 7.57. The highest BCUT2D eigenvalue weighted by Crippen LogP contribution is 2.36. The van der Waals surface area contributed by atoms with Crippen molar-refractivity contribution in [2.45, 2.75) is 12.3 Å². The minimum absolute atomic E-state index is 0.0227. The summed E-state index contributed by atoms with van der Waals surface area (Å²) in [6, 6.07) is 34.5. The van der Waals surface area contributed by atoms with Gasteiger partial charge in [-0.05, 0) is 72.1 Å². The summed E-state index contributed by atoms with van der Waals surface area (Å²) in [5.74, 6) is 2.01. The maximum atomic E-state index is 6.23. The Morgan fingerprint density at radius 2 is 1.23 bits per heavy atom. The molecule has 0 fully saturated rings. The molecule has 1 aliphatic rings. The quantitative estimate of drug-likeness (QED) is 0.210. The van der Waals surface area contributed by atoms with E-state index in [0.717, 1.165) is 67.2 Å². The fourth-order valence-corrected chi connectivity index (χ4v) is 6.32. The van der Waals surface area contributed by atoms with Gasteiger partial charge in [0.2, 0.25) is 0 Å². The molecule has 0 aliphatic heterocycles. The van der Waals surface area contributed by atoms with Gasteiger partial charge in [0.25, 0.3) is 0 Å². The van der Waals surface area contributed by atoms with Gasteiger partial charge >= 0.3 is 0 Å². The lowest BCUT2D eigenvalue weighted by Gasteiger charge is -2.19. The first-order chi connectivity index (χ1) is 21.2. The highest BCUT2D eigenvalue weighted by Gasteiger charge is 2.22. The molecule has 0 amide bonds. The zero-order chi connectivity index (χ0) is 28.5. The maximum Gasteiger partial charge on any atom is 0.163 e. The van der Waals surface area contributed by atoms with Crippen LogP contribution in [0.25, 0.3) is 72.7 Å². The van der Waals surface area contributed by atoms with Crippen LogP contribution < -0.4 is 0 Å². The molecule has 1 atom stereocenters. The molecular weight excluding hydrogens is 554 g/mol. The Balaban J connectivity index is 1.23. The van der Waals surface area contributed by atoms with Crippen LogP contribution in [0.2, 0.25) is 5.02 Å². The van der Waals surface area contributed by atoms with E-state index >= 15 is 0 Å². The molecule has 3 heterocycles. The van der Waals surface area contributed by atoms with Crippen LogP contribution in [0.4, 0.5) is 0 Å². The highest BCUT2D eigenvalue weighted by atomic mass is 35.5. The number of rotatable bonds is 3. The molecule has 0 N–H and O–H groups in total. The first-order valence-corrected chi connectivity index (χ1v) is 14.6. The lowest BCUT2D eigenvalue weighted by Crippen LogP contribution is -2.12. The van der Waals surface area contributed by atoms with E-state index in [9.17, 15) is 0 Å². The molecule has 1 unspecified atom stereocenters. The summed E-state index contributed by atoms with van der Waals surface area (Å²) in [7, 11) is 0. The van der Waals surface area contributed by atoms with Crippen LogP contribution in [0.5, 0.6) is 0 Å². The Labute approximate surface area is 251 Å². The van der Waals surface area contributed by atoms with Crippen molar-refractivity contribution in [2.75, 3.05) is 0 Å². The Hall–Kier alpha value is -5.26. The van der Waals surface area contributed by atoms with Gasteiger partial charge in [-0.1, -0.05) is 66.2 Å². The van der Waals surface area contributed by atoms with Crippen molar-refractivity contribution in [1.29, 1.82) is 0 Å². The molecule has 0 radical (unpaired) electrons. The highest BCUT2D eigenvalue weighted by molar-refractivity contribution is 6.31. The lowest BCUT2D eigenvalue weighted by atomic mass is 9.89. The number of allylic oxidation sites excluding steroid dienone is 1. The second-order valence-corrected chi connectivity index (χ2v) is 11.4. The standard InChI is InChI=1S/C37H22ClN3O2/c38-26-13-14-28-30-19-25(12-16-33(30)43-34(28)20-26)37-40-35(23-10-9-21-5-1-2-6-22(21)17-23)39-36(41-37)24-11-15-32-29(18-24)27-7-3-4-8-31(27)42-32/h1-16,18-20,23H,17H2. The number of benzene rings is 5. The van der Waals surface area contributed by atoms with Gasteiger partial charge in [-0.2, -0.15) is 0 Å². The van der Waals surface area contributed by atoms with Crippen LogP contribution in [0.1, 0.15) is 22.9 Å². The van der Waals surface area contributed by atoms with E-state index in [1.807, 2.05) is 60.7 Å². The third kappa shape index (κ3) is 4.04. The smallest absolute Gasteiger partial charge is 0.163 e. The molecule has 6 heteroatoms. The van der Waals surface area contributed by atoms with Crippen LogP contribution >= 0.6 is 11.6 Å². The average molecular weight is 576 g/mol. The SMILES string of the molecule is Clc1ccc2c(c1)oc1ccc(-c3nc(-c4ccc5oc6ccccc6c5c4)nc(C4C=Cc5ccccc5C4)n3)cc12. The summed E-state index contributed by atoms with van der Waals surface area (Å²) in [5, 5.41) is 4.74. The fourth-order valence-electron chi connectivity index (χ4n) is 6.16. The molecule has 3 aromatic heterocycles. The van der Waals surface area contributed by atoms with Gasteiger partial charge in [0, 0.05) is 49.7 Å². The van der Waals surface area contributed by atoms with E-state index in [-0.39, 0.29) is 5.92 Å². The van der Waals surface area contributed by atoms with E-state index in [4.69, 9.17) is 35.4 Å². The third-order valence-corrected chi connectivity index (χ3v) is 8.55. The van der Waals surface area contributed by atoms with Crippen LogP contribution in [-0.4, -0.2) is 15.0 Å². The third-order valence-electron chi connectivity index (χ3n) is 8.31. The summed E-state index contributed by atoms with van der Waals surface area (Å²) >= 11 is 6.23. The number of furan rings is 2. The minimum Gasteiger partial charge on any atom is -0.456 e. The first kappa shape index (κ1) is 24.3. The second-order valence-electron chi connectivity index (χ2n) is 11.0. The van der Waals surface area contributed by atoms with Gasteiger partial charge in [-0.25, -0.2) is 15.0 Å². The monoisotopic (exact) mass is 575 g/mol. The largest absolute Gasteiger partial charge is 0.456 e. The molecule has 5 nitrogen and oxygen atoms in total. The van der Waals surface area contributed by atoms with Crippen LogP contribution in [0.15, 0.2) is 118 Å². The van der Waals surface area contributed by atoms with Crippen LogP contribution in [0, 0.1) is 0 Å². The molecule has 0 saturated carbocycles. The molecule has 1 aliphatic carbocycles. The Morgan fingerprint density at radius 3 is 2.02 bits per heavy atom. The average Bonchev–Trinajstić information content (AvgIpc) is 3.61. The number of fused-ring (bicyclic) bond motifs is 7. The molecule has 9 rings (SSSR count). The molecule has 43 heavy (non-hydrogen) atoms. The zero-order valence-electron chi connectivity index (χ0n) is 22.8. The van der Waals surface area contributed by atoms with Crippen molar-refractivity contribution >= 4 is 61.6 Å². The molecular formula is C37H22ClN3O2. The van der Waals surface area contributed by atoms with Crippen molar-refractivity contribution in [2.24, 2.45) is 0 Å². The van der Waals surface area contributed by atoms with Crippen LogP contribution in [0.3, 0.4) is 0 Å². The second kappa shape index (κ2) is 9.38. The number of para-hydroxylation sites is 1. The van der Waals surface area contributed by atoms with Crippen molar-refractivity contribution < 1.29 is 8.83 Å². The van der Waals surface area contributed by atoms with E-state index in [0.29, 0.717) is 16.7 Å². The molecule has 0 bridgehead atoms. The summed E-state index contributed by atoms with van der Waals surface area (Å²) in [6.45, 7) is 0. The van der Waals surface area contributed by atoms with E-state index in [1.165, 1.54) is 11.1 Å². The Morgan fingerprint density at radius 1 is 0.581 bits per heavy atom. The molecule has 0 saturated heterocycles. The predicted molar refractivity (Wildman–Crippen MR) is 172 cm³/mol. The molecule has 0 spiro atoms. The Kier molecular flexibility index (Phi) is 5.31. The van der Waals surface area contributed by atoms with Gasteiger partial charge in [0.05, 0.1) is 0 Å². The number of hydrogen-bond donors (Lipinski definition) is 0. The number of nitrogens with zero attached hydrogens (tertiary/aromatic N) is 3. The van der Waals surface area contributed by atoms with Crippen LogP contribution in [-0.2, 0) is 6.42 Å². The topological polar surface area (TPSA) is 65.0 Å². The minimum atomic E-state index is 0.0227. The molecule has 204 valence electrons. The Bertz CT molecular complexity index is 2420. The summed E-state index contributed by atoms with van der Waals surface area (Å²) in [6.07, 6.45) is 5.20. The molecule has 8 aromatic rings. The predicted octanol–water partition coefficient (Wildman–Crippen LogP) is 10.0. The van der Waals surface area contributed by atoms with E-state index in [2.05, 4.69) is 54.6 Å². The van der Waals surface area contributed by atoms with Crippen molar-refractivity contribution in [3.05, 3.63) is 131 Å². The van der Waals surface area contributed by atoms with Gasteiger partial charge in [0.15, 0.2) is 11.6 Å².